The van der Waals surface area contributed by atoms with Crippen molar-refractivity contribution in [3.8, 4) is 0 Å². The Kier molecular flexibility index (Phi) is 5.76. The predicted octanol–water partition coefficient (Wildman–Crippen LogP) is 3.59. The standard InChI is InChI=1S/C14H26N2OS/c1-10(2)11-9-18-13(16-11)12(14(3,4)5)15-7-8-17-6/h9-10,12,15H,7-8H2,1-6H3. The van der Waals surface area contributed by atoms with Crippen molar-refractivity contribution >= 4 is 11.3 Å². The number of thiazole rings is 1. The van der Waals surface area contributed by atoms with Crippen LogP contribution in [0.4, 0.5) is 0 Å². The Morgan fingerprint density at radius 3 is 2.50 bits per heavy atom. The van der Waals surface area contributed by atoms with Gasteiger partial charge in [-0.15, -0.1) is 11.3 Å². The van der Waals surface area contributed by atoms with E-state index in [1.165, 1.54) is 10.7 Å². The van der Waals surface area contributed by atoms with Gasteiger partial charge in [-0.2, -0.15) is 0 Å². The number of hydrogen-bond acceptors (Lipinski definition) is 4. The van der Waals surface area contributed by atoms with E-state index in [2.05, 4.69) is 45.3 Å². The van der Waals surface area contributed by atoms with Crippen molar-refractivity contribution in [2.24, 2.45) is 5.41 Å². The lowest BCUT2D eigenvalue weighted by atomic mass is 9.87. The third kappa shape index (κ3) is 4.34. The van der Waals surface area contributed by atoms with E-state index in [1.54, 1.807) is 18.4 Å². The fourth-order valence-corrected chi connectivity index (χ4v) is 3.07. The van der Waals surface area contributed by atoms with Crippen LogP contribution in [0.15, 0.2) is 5.38 Å². The first-order valence-electron chi connectivity index (χ1n) is 6.54. The van der Waals surface area contributed by atoms with Gasteiger partial charge in [0.15, 0.2) is 0 Å². The molecule has 1 N–H and O–H groups in total. The van der Waals surface area contributed by atoms with Crippen LogP contribution in [-0.4, -0.2) is 25.2 Å². The second kappa shape index (κ2) is 6.64. The van der Waals surface area contributed by atoms with Crippen LogP contribution >= 0.6 is 11.3 Å². The monoisotopic (exact) mass is 270 g/mol. The van der Waals surface area contributed by atoms with Gasteiger partial charge in [-0.25, -0.2) is 4.98 Å². The fourth-order valence-electron chi connectivity index (χ4n) is 1.77. The van der Waals surface area contributed by atoms with Crippen LogP contribution in [0.1, 0.15) is 57.3 Å². The maximum Gasteiger partial charge on any atom is 0.110 e. The molecule has 0 bridgehead atoms. The SMILES string of the molecule is COCCNC(c1nc(C(C)C)cs1)C(C)(C)C. The topological polar surface area (TPSA) is 34.1 Å². The average molecular weight is 270 g/mol. The number of hydrogen-bond donors (Lipinski definition) is 1. The zero-order valence-corrected chi connectivity index (χ0v) is 13.2. The van der Waals surface area contributed by atoms with E-state index >= 15 is 0 Å². The van der Waals surface area contributed by atoms with Crippen LogP contribution in [0.5, 0.6) is 0 Å². The lowest BCUT2D eigenvalue weighted by molar-refractivity contribution is 0.181. The van der Waals surface area contributed by atoms with Crippen molar-refractivity contribution in [1.82, 2.24) is 10.3 Å². The van der Waals surface area contributed by atoms with Crippen LogP contribution in [0.3, 0.4) is 0 Å². The molecule has 0 aliphatic carbocycles. The molecular formula is C14H26N2OS. The van der Waals surface area contributed by atoms with Crippen molar-refractivity contribution in [3.63, 3.8) is 0 Å². The van der Waals surface area contributed by atoms with Crippen molar-refractivity contribution in [2.45, 2.75) is 46.6 Å². The first kappa shape index (κ1) is 15.6. The number of ether oxygens (including phenoxy) is 1. The highest BCUT2D eigenvalue weighted by Crippen LogP contribution is 2.35. The van der Waals surface area contributed by atoms with Gasteiger partial charge in [-0.3, -0.25) is 0 Å². The maximum atomic E-state index is 5.10. The molecule has 1 heterocycles. The Hall–Kier alpha value is -0.450. The normalized spacial score (nSPS) is 14.2. The van der Waals surface area contributed by atoms with E-state index in [1.807, 2.05) is 0 Å². The summed E-state index contributed by atoms with van der Waals surface area (Å²) in [4.78, 5) is 4.77. The molecule has 0 spiro atoms. The molecule has 0 aliphatic heterocycles. The Labute approximate surface area is 115 Å². The molecule has 3 nitrogen and oxygen atoms in total. The van der Waals surface area contributed by atoms with E-state index in [0.717, 1.165) is 13.2 Å². The summed E-state index contributed by atoms with van der Waals surface area (Å²) in [6.45, 7) is 12.7. The Morgan fingerprint density at radius 1 is 1.39 bits per heavy atom. The second-order valence-corrected chi connectivity index (χ2v) is 6.90. The number of nitrogens with zero attached hydrogens (tertiary/aromatic N) is 1. The van der Waals surface area contributed by atoms with E-state index in [-0.39, 0.29) is 11.5 Å². The molecule has 0 amide bonds. The highest BCUT2D eigenvalue weighted by atomic mass is 32.1. The van der Waals surface area contributed by atoms with E-state index in [4.69, 9.17) is 9.72 Å². The zero-order valence-electron chi connectivity index (χ0n) is 12.4. The van der Waals surface area contributed by atoms with Gasteiger partial charge in [-0.1, -0.05) is 34.6 Å². The van der Waals surface area contributed by atoms with Gasteiger partial charge in [-0.05, 0) is 11.3 Å². The summed E-state index contributed by atoms with van der Waals surface area (Å²) in [5, 5.41) is 6.91. The first-order valence-corrected chi connectivity index (χ1v) is 7.42. The van der Waals surface area contributed by atoms with Gasteiger partial charge in [0, 0.05) is 19.0 Å². The number of nitrogens with one attached hydrogen (secondary N) is 1. The van der Waals surface area contributed by atoms with Crippen molar-refractivity contribution in [2.75, 3.05) is 20.3 Å². The van der Waals surface area contributed by atoms with E-state index in [9.17, 15) is 0 Å². The minimum atomic E-state index is 0.153. The zero-order chi connectivity index (χ0) is 13.8. The lowest BCUT2D eigenvalue weighted by Gasteiger charge is -2.30. The molecule has 1 unspecified atom stereocenters. The number of methoxy groups -OCH3 is 1. The third-order valence-electron chi connectivity index (χ3n) is 2.90. The summed E-state index contributed by atoms with van der Waals surface area (Å²) in [7, 11) is 1.73. The van der Waals surface area contributed by atoms with Crippen LogP contribution < -0.4 is 5.32 Å². The van der Waals surface area contributed by atoms with E-state index in [0.29, 0.717) is 5.92 Å². The summed E-state index contributed by atoms with van der Waals surface area (Å²) in [6.07, 6.45) is 0. The van der Waals surface area contributed by atoms with Gasteiger partial charge < -0.3 is 10.1 Å². The molecule has 0 aliphatic rings. The molecule has 1 aromatic rings. The molecule has 0 saturated carbocycles. The predicted molar refractivity (Wildman–Crippen MR) is 78.3 cm³/mol. The third-order valence-corrected chi connectivity index (χ3v) is 3.83. The summed E-state index contributed by atoms with van der Waals surface area (Å²) in [5.41, 5.74) is 1.35. The largest absolute Gasteiger partial charge is 0.383 e. The molecule has 0 aromatic carbocycles. The molecule has 18 heavy (non-hydrogen) atoms. The Bertz CT molecular complexity index is 355. The first-order chi connectivity index (χ1) is 8.36. The highest BCUT2D eigenvalue weighted by molar-refractivity contribution is 7.09. The molecule has 0 fully saturated rings. The summed E-state index contributed by atoms with van der Waals surface area (Å²) < 4.78 is 5.10. The lowest BCUT2D eigenvalue weighted by Crippen LogP contribution is -2.34. The van der Waals surface area contributed by atoms with E-state index < -0.39 is 0 Å². The number of aromatic nitrogens is 1. The maximum absolute atomic E-state index is 5.10. The molecule has 0 radical (unpaired) electrons. The minimum absolute atomic E-state index is 0.153. The van der Waals surface area contributed by atoms with Gasteiger partial charge >= 0.3 is 0 Å². The van der Waals surface area contributed by atoms with Gasteiger partial charge in [0.25, 0.3) is 0 Å². The van der Waals surface area contributed by atoms with Gasteiger partial charge in [0.05, 0.1) is 18.3 Å². The van der Waals surface area contributed by atoms with Crippen LogP contribution in [0.2, 0.25) is 0 Å². The summed E-state index contributed by atoms with van der Waals surface area (Å²) >= 11 is 1.76. The molecule has 1 rings (SSSR count). The number of rotatable bonds is 6. The summed E-state index contributed by atoms with van der Waals surface area (Å²) in [6, 6.07) is 0.283. The van der Waals surface area contributed by atoms with Gasteiger partial charge in [0.1, 0.15) is 5.01 Å². The molecule has 0 saturated heterocycles. The molecular weight excluding hydrogens is 244 g/mol. The quantitative estimate of drug-likeness (QED) is 0.802. The van der Waals surface area contributed by atoms with Crippen LogP contribution in [0.25, 0.3) is 0 Å². The van der Waals surface area contributed by atoms with Crippen LogP contribution in [-0.2, 0) is 4.74 Å². The minimum Gasteiger partial charge on any atom is -0.383 e. The molecule has 104 valence electrons. The van der Waals surface area contributed by atoms with Crippen LogP contribution in [0, 0.1) is 5.41 Å². The van der Waals surface area contributed by atoms with Crippen molar-refractivity contribution in [1.29, 1.82) is 0 Å². The van der Waals surface area contributed by atoms with Gasteiger partial charge in [0.2, 0.25) is 0 Å². The second-order valence-electron chi connectivity index (χ2n) is 6.01. The molecule has 1 aromatic heterocycles. The Balaban J connectivity index is 2.81. The molecule has 4 heteroatoms. The summed E-state index contributed by atoms with van der Waals surface area (Å²) in [5.74, 6) is 0.495. The Morgan fingerprint density at radius 2 is 2.06 bits per heavy atom. The average Bonchev–Trinajstić information content (AvgIpc) is 2.71. The fraction of sp³-hybridized carbons (Fsp3) is 0.786. The van der Waals surface area contributed by atoms with Crippen molar-refractivity contribution in [3.05, 3.63) is 16.1 Å². The smallest absolute Gasteiger partial charge is 0.110 e. The molecule has 1 atom stereocenters. The van der Waals surface area contributed by atoms with Crippen molar-refractivity contribution < 1.29 is 4.74 Å². The highest BCUT2D eigenvalue weighted by Gasteiger charge is 2.28.